The number of thiocarbonyl (C=S) groups is 1. The fourth-order valence-corrected chi connectivity index (χ4v) is 1.98. The van der Waals surface area contributed by atoms with Gasteiger partial charge in [0.2, 0.25) is 0 Å². The van der Waals surface area contributed by atoms with E-state index in [4.69, 9.17) is 26.1 Å². The second kappa shape index (κ2) is 7.46. The molecule has 116 valence electrons. The van der Waals surface area contributed by atoms with E-state index >= 15 is 0 Å². The molecule has 2 aromatic rings. The second-order valence-corrected chi connectivity index (χ2v) is 4.70. The summed E-state index contributed by atoms with van der Waals surface area (Å²) in [6, 6.07) is 8.55. The molecule has 22 heavy (non-hydrogen) atoms. The number of methoxy groups -OCH3 is 2. The van der Waals surface area contributed by atoms with Gasteiger partial charge in [-0.25, -0.2) is 4.79 Å². The Hall–Kier alpha value is -2.54. The van der Waals surface area contributed by atoms with Crippen LogP contribution in [0.5, 0.6) is 5.75 Å². The molecule has 0 fully saturated rings. The number of rotatable bonds is 5. The van der Waals surface area contributed by atoms with Crippen molar-refractivity contribution in [2.75, 3.05) is 19.5 Å². The van der Waals surface area contributed by atoms with Crippen molar-refractivity contribution in [1.29, 1.82) is 0 Å². The van der Waals surface area contributed by atoms with Gasteiger partial charge in [-0.3, -0.25) is 0 Å². The van der Waals surface area contributed by atoms with E-state index in [0.29, 0.717) is 28.7 Å². The van der Waals surface area contributed by atoms with E-state index in [0.717, 1.165) is 5.76 Å². The van der Waals surface area contributed by atoms with Gasteiger partial charge in [0.1, 0.15) is 11.5 Å². The number of esters is 1. The van der Waals surface area contributed by atoms with Gasteiger partial charge in [-0.15, -0.1) is 0 Å². The van der Waals surface area contributed by atoms with Gasteiger partial charge in [0.05, 0.1) is 38.3 Å². The minimum Gasteiger partial charge on any atom is -0.495 e. The van der Waals surface area contributed by atoms with Crippen LogP contribution in [-0.4, -0.2) is 25.3 Å². The van der Waals surface area contributed by atoms with Crippen LogP contribution in [0.4, 0.5) is 5.69 Å². The summed E-state index contributed by atoms with van der Waals surface area (Å²) >= 11 is 5.22. The summed E-state index contributed by atoms with van der Waals surface area (Å²) in [5.41, 5.74) is 0.974. The van der Waals surface area contributed by atoms with Crippen molar-refractivity contribution in [3.05, 3.63) is 47.9 Å². The Kier molecular flexibility index (Phi) is 5.37. The summed E-state index contributed by atoms with van der Waals surface area (Å²) in [6.45, 7) is 0.456. The third kappa shape index (κ3) is 3.98. The van der Waals surface area contributed by atoms with Crippen molar-refractivity contribution in [2.45, 2.75) is 6.54 Å². The summed E-state index contributed by atoms with van der Waals surface area (Å²) < 4.78 is 15.2. The zero-order chi connectivity index (χ0) is 15.9. The third-order valence-corrected chi connectivity index (χ3v) is 3.12. The molecular weight excluding hydrogens is 304 g/mol. The highest BCUT2D eigenvalue weighted by molar-refractivity contribution is 7.80. The average Bonchev–Trinajstić information content (AvgIpc) is 3.05. The topological polar surface area (TPSA) is 72.7 Å². The van der Waals surface area contributed by atoms with Crippen LogP contribution in [0.2, 0.25) is 0 Å². The van der Waals surface area contributed by atoms with Crippen LogP contribution in [0.3, 0.4) is 0 Å². The highest BCUT2D eigenvalue weighted by Gasteiger charge is 2.11. The molecule has 0 atom stereocenters. The zero-order valence-electron chi connectivity index (χ0n) is 12.2. The molecule has 2 rings (SSSR count). The normalized spacial score (nSPS) is 9.91. The van der Waals surface area contributed by atoms with Gasteiger partial charge >= 0.3 is 5.97 Å². The number of carbonyl (C=O) groups excluding carboxylic acids is 1. The zero-order valence-corrected chi connectivity index (χ0v) is 13.0. The lowest BCUT2D eigenvalue weighted by Gasteiger charge is -2.13. The maximum Gasteiger partial charge on any atom is 0.337 e. The Labute approximate surface area is 133 Å². The maximum absolute atomic E-state index is 11.6. The molecule has 0 radical (unpaired) electrons. The summed E-state index contributed by atoms with van der Waals surface area (Å²) in [6.07, 6.45) is 1.59. The van der Waals surface area contributed by atoms with E-state index < -0.39 is 5.97 Å². The highest BCUT2D eigenvalue weighted by Crippen LogP contribution is 2.25. The van der Waals surface area contributed by atoms with Gasteiger partial charge in [-0.2, -0.15) is 0 Å². The molecule has 0 aliphatic rings. The second-order valence-electron chi connectivity index (χ2n) is 4.29. The molecule has 0 aliphatic carbocycles. The molecule has 1 aromatic heterocycles. The molecule has 0 saturated heterocycles. The van der Waals surface area contributed by atoms with Gasteiger partial charge < -0.3 is 24.5 Å². The molecule has 1 aromatic carbocycles. The van der Waals surface area contributed by atoms with Gasteiger partial charge in [-0.1, -0.05) is 0 Å². The largest absolute Gasteiger partial charge is 0.495 e. The molecule has 0 amide bonds. The monoisotopic (exact) mass is 320 g/mol. The number of ether oxygens (including phenoxy) is 2. The molecule has 6 nitrogen and oxygen atoms in total. The van der Waals surface area contributed by atoms with Crippen LogP contribution in [0.15, 0.2) is 41.0 Å². The fourth-order valence-electron chi connectivity index (χ4n) is 1.80. The number of furan rings is 1. The van der Waals surface area contributed by atoms with Crippen molar-refractivity contribution in [3.63, 3.8) is 0 Å². The predicted octanol–water partition coefficient (Wildman–Crippen LogP) is 2.56. The molecular formula is C15H16N2O4S. The van der Waals surface area contributed by atoms with Crippen molar-refractivity contribution < 1.29 is 18.7 Å². The molecule has 0 aliphatic heterocycles. The van der Waals surface area contributed by atoms with E-state index in [1.807, 2.05) is 6.07 Å². The van der Waals surface area contributed by atoms with Crippen LogP contribution in [0.25, 0.3) is 0 Å². The summed E-state index contributed by atoms with van der Waals surface area (Å²) in [4.78, 5) is 11.6. The van der Waals surface area contributed by atoms with Crippen molar-refractivity contribution >= 4 is 29.0 Å². The van der Waals surface area contributed by atoms with E-state index in [-0.39, 0.29) is 0 Å². The Morgan fingerprint density at radius 3 is 2.77 bits per heavy atom. The number of carbonyl (C=O) groups is 1. The molecule has 1 heterocycles. The smallest absolute Gasteiger partial charge is 0.337 e. The summed E-state index contributed by atoms with van der Waals surface area (Å²) in [7, 11) is 2.87. The Morgan fingerprint density at radius 1 is 1.32 bits per heavy atom. The quantitative estimate of drug-likeness (QED) is 0.648. The minimum atomic E-state index is -0.430. The van der Waals surface area contributed by atoms with Crippen LogP contribution in [-0.2, 0) is 11.3 Å². The van der Waals surface area contributed by atoms with Gasteiger partial charge in [0, 0.05) is 0 Å². The van der Waals surface area contributed by atoms with Crippen LogP contribution >= 0.6 is 12.2 Å². The van der Waals surface area contributed by atoms with Gasteiger partial charge in [-0.05, 0) is 42.5 Å². The van der Waals surface area contributed by atoms with E-state index in [2.05, 4.69) is 10.6 Å². The maximum atomic E-state index is 11.6. The van der Waals surface area contributed by atoms with Crippen molar-refractivity contribution in [2.24, 2.45) is 0 Å². The van der Waals surface area contributed by atoms with Crippen molar-refractivity contribution in [1.82, 2.24) is 5.32 Å². The first-order valence-electron chi connectivity index (χ1n) is 6.47. The fraction of sp³-hybridized carbons (Fsp3) is 0.200. The number of benzene rings is 1. The molecule has 0 saturated carbocycles. The summed E-state index contributed by atoms with van der Waals surface area (Å²) in [5.74, 6) is 0.898. The number of hydrogen-bond donors (Lipinski definition) is 2. The molecule has 7 heteroatoms. The lowest BCUT2D eigenvalue weighted by atomic mass is 10.2. The number of anilines is 1. The van der Waals surface area contributed by atoms with E-state index in [9.17, 15) is 4.79 Å². The molecule has 2 N–H and O–H groups in total. The van der Waals surface area contributed by atoms with Gasteiger partial charge in [0.25, 0.3) is 0 Å². The van der Waals surface area contributed by atoms with Crippen LogP contribution in [0.1, 0.15) is 16.1 Å². The predicted molar refractivity (Wildman–Crippen MR) is 86.1 cm³/mol. The first kappa shape index (κ1) is 15.8. The van der Waals surface area contributed by atoms with Gasteiger partial charge in [0.15, 0.2) is 5.11 Å². The molecule has 0 bridgehead atoms. The van der Waals surface area contributed by atoms with Crippen LogP contribution in [0, 0.1) is 0 Å². The molecule has 0 unspecified atom stereocenters. The number of nitrogens with one attached hydrogen (secondary N) is 2. The van der Waals surface area contributed by atoms with Crippen molar-refractivity contribution in [3.8, 4) is 5.75 Å². The lowest BCUT2D eigenvalue weighted by molar-refractivity contribution is 0.0601. The first-order valence-corrected chi connectivity index (χ1v) is 6.88. The highest BCUT2D eigenvalue weighted by atomic mass is 32.1. The van der Waals surface area contributed by atoms with E-state index in [1.165, 1.54) is 14.2 Å². The van der Waals surface area contributed by atoms with E-state index in [1.54, 1.807) is 30.5 Å². The standard InChI is InChI=1S/C15H16N2O4S/c1-19-13-6-5-10(14(18)20-2)8-12(13)17-15(22)16-9-11-4-3-7-21-11/h3-8H,9H2,1-2H3,(H2,16,17,22). The Morgan fingerprint density at radius 2 is 2.14 bits per heavy atom. The lowest BCUT2D eigenvalue weighted by Crippen LogP contribution is -2.28. The molecule has 0 spiro atoms. The third-order valence-electron chi connectivity index (χ3n) is 2.87. The first-order chi connectivity index (χ1) is 10.6. The minimum absolute atomic E-state index is 0.386. The van der Waals surface area contributed by atoms with Crippen LogP contribution < -0.4 is 15.4 Å². The average molecular weight is 320 g/mol. The number of hydrogen-bond acceptors (Lipinski definition) is 5. The summed E-state index contributed by atoms with van der Waals surface area (Å²) in [5, 5.41) is 6.38. The SMILES string of the molecule is COC(=O)c1ccc(OC)c(NC(=S)NCc2ccco2)c1. The Bertz CT molecular complexity index is 656. The Balaban J connectivity index is 2.06.